The third-order valence-electron chi connectivity index (χ3n) is 12.3. The predicted molar refractivity (Wildman–Crippen MR) is 251 cm³/mol. The van der Waals surface area contributed by atoms with Crippen molar-refractivity contribution in [2.24, 2.45) is 5.92 Å². The van der Waals surface area contributed by atoms with Crippen molar-refractivity contribution in [3.05, 3.63) is 0 Å². The van der Waals surface area contributed by atoms with Crippen LogP contribution in [0.15, 0.2) is 0 Å². The molecule has 0 unspecified atom stereocenters. The summed E-state index contributed by atoms with van der Waals surface area (Å²) in [4.78, 5) is 28.0. The van der Waals surface area contributed by atoms with Crippen molar-refractivity contribution in [3.8, 4) is 0 Å². The van der Waals surface area contributed by atoms with Crippen LogP contribution in [0.2, 0.25) is 0 Å². The number of aliphatic hydroxyl groups is 1. The predicted octanol–water partition coefficient (Wildman–Crippen LogP) is 15.6. The van der Waals surface area contributed by atoms with Gasteiger partial charge in [0.2, 0.25) is 0 Å². The fourth-order valence-electron chi connectivity index (χ4n) is 8.42. The standard InChI is InChI=1S/C52H103NO5/c1-5-9-13-17-22-30-40-50(41-31-23-18-14-10-6-2)58-51(55)42-32-24-21-26-34-44-53(45-35-36-46-54)43-33-25-19-20-27-37-47-57-52(56)48-49(38-28-15-11-7-3)39-29-16-12-8-4/h49-50,54H,5-48H2,1-4H3. The first kappa shape index (κ1) is 56.9. The van der Waals surface area contributed by atoms with Crippen molar-refractivity contribution in [2.45, 2.75) is 284 Å². The minimum absolute atomic E-state index is 0.0263. The number of hydrogen-bond donors (Lipinski definition) is 1. The summed E-state index contributed by atoms with van der Waals surface area (Å²) in [6.45, 7) is 13.3. The monoisotopic (exact) mass is 822 g/mol. The average Bonchev–Trinajstić information content (AvgIpc) is 3.22. The van der Waals surface area contributed by atoms with Gasteiger partial charge >= 0.3 is 11.9 Å². The molecule has 0 aromatic rings. The largest absolute Gasteiger partial charge is 0.466 e. The number of carbonyl (C=O) groups is 2. The summed E-state index contributed by atoms with van der Waals surface area (Å²) in [5.41, 5.74) is 0. The van der Waals surface area contributed by atoms with Gasteiger partial charge in [-0.1, -0.05) is 188 Å². The number of ether oxygens (including phenoxy) is 2. The van der Waals surface area contributed by atoms with Crippen LogP contribution in [-0.4, -0.2) is 60.9 Å². The van der Waals surface area contributed by atoms with Gasteiger partial charge in [-0.05, 0) is 103 Å². The molecule has 0 atom stereocenters. The zero-order chi connectivity index (χ0) is 42.4. The quantitative estimate of drug-likeness (QED) is 0.0487. The van der Waals surface area contributed by atoms with E-state index in [4.69, 9.17) is 9.47 Å². The van der Waals surface area contributed by atoms with Crippen LogP contribution in [0.4, 0.5) is 0 Å². The highest BCUT2D eigenvalue weighted by atomic mass is 16.5. The van der Waals surface area contributed by atoms with Crippen molar-refractivity contribution in [2.75, 3.05) is 32.8 Å². The van der Waals surface area contributed by atoms with Crippen molar-refractivity contribution in [1.29, 1.82) is 0 Å². The van der Waals surface area contributed by atoms with E-state index in [0.717, 1.165) is 71.0 Å². The van der Waals surface area contributed by atoms with E-state index in [0.29, 0.717) is 25.4 Å². The van der Waals surface area contributed by atoms with Crippen LogP contribution in [-0.2, 0) is 19.1 Å². The molecule has 0 aliphatic carbocycles. The molecule has 0 aromatic carbocycles. The number of esters is 2. The number of nitrogens with zero attached hydrogens (tertiary/aromatic N) is 1. The summed E-state index contributed by atoms with van der Waals surface area (Å²) < 4.78 is 11.7. The maximum atomic E-state index is 12.8. The molecule has 0 saturated heterocycles. The van der Waals surface area contributed by atoms with E-state index in [2.05, 4.69) is 32.6 Å². The Hall–Kier alpha value is -1.14. The average molecular weight is 822 g/mol. The highest BCUT2D eigenvalue weighted by molar-refractivity contribution is 5.69. The van der Waals surface area contributed by atoms with E-state index in [-0.39, 0.29) is 24.6 Å². The fraction of sp³-hybridized carbons (Fsp3) is 0.962. The smallest absolute Gasteiger partial charge is 0.306 e. The first-order valence-corrected chi connectivity index (χ1v) is 26.2. The maximum Gasteiger partial charge on any atom is 0.306 e. The highest BCUT2D eigenvalue weighted by Crippen LogP contribution is 2.23. The SMILES string of the molecule is CCCCCCCCC(CCCCCCCC)OC(=O)CCCCCCCN(CCCCO)CCCCCCCCOC(=O)CC(CCCCCC)CCCCCC. The van der Waals surface area contributed by atoms with Gasteiger partial charge in [-0.3, -0.25) is 9.59 Å². The molecule has 0 fully saturated rings. The Labute approximate surface area is 362 Å². The van der Waals surface area contributed by atoms with Gasteiger partial charge in [0.25, 0.3) is 0 Å². The first-order chi connectivity index (χ1) is 28.5. The van der Waals surface area contributed by atoms with Crippen LogP contribution in [0, 0.1) is 5.92 Å². The molecule has 6 nitrogen and oxygen atoms in total. The van der Waals surface area contributed by atoms with Crippen LogP contribution in [0.3, 0.4) is 0 Å². The van der Waals surface area contributed by atoms with Crippen molar-refractivity contribution >= 4 is 11.9 Å². The molecule has 0 rings (SSSR count). The van der Waals surface area contributed by atoms with E-state index >= 15 is 0 Å². The second kappa shape index (κ2) is 46.9. The van der Waals surface area contributed by atoms with Crippen LogP contribution in [0.25, 0.3) is 0 Å². The lowest BCUT2D eigenvalue weighted by atomic mass is 9.92. The summed E-state index contributed by atoms with van der Waals surface area (Å²) in [6, 6.07) is 0. The maximum absolute atomic E-state index is 12.8. The molecule has 346 valence electrons. The number of aliphatic hydroxyl groups excluding tert-OH is 1. The fourth-order valence-corrected chi connectivity index (χ4v) is 8.42. The highest BCUT2D eigenvalue weighted by Gasteiger charge is 2.16. The molecule has 0 saturated carbocycles. The van der Waals surface area contributed by atoms with Gasteiger partial charge in [-0.2, -0.15) is 0 Å². The van der Waals surface area contributed by atoms with Crippen molar-refractivity contribution in [1.82, 2.24) is 4.90 Å². The van der Waals surface area contributed by atoms with Gasteiger partial charge in [0.15, 0.2) is 0 Å². The zero-order valence-corrected chi connectivity index (χ0v) is 39.8. The van der Waals surface area contributed by atoms with E-state index in [1.807, 2.05) is 0 Å². The molecule has 0 spiro atoms. The number of hydrogen-bond acceptors (Lipinski definition) is 6. The lowest BCUT2D eigenvalue weighted by Gasteiger charge is -2.22. The Kier molecular flexibility index (Phi) is 46.0. The van der Waals surface area contributed by atoms with Gasteiger partial charge in [-0.15, -0.1) is 0 Å². The summed E-state index contributed by atoms with van der Waals surface area (Å²) in [5, 5.41) is 9.33. The Bertz CT molecular complexity index is 809. The third-order valence-corrected chi connectivity index (χ3v) is 12.3. The molecule has 0 bridgehead atoms. The van der Waals surface area contributed by atoms with E-state index < -0.39 is 0 Å². The Balaban J connectivity index is 4.23. The lowest BCUT2D eigenvalue weighted by molar-refractivity contribution is -0.150. The van der Waals surface area contributed by atoms with E-state index in [9.17, 15) is 14.7 Å². The van der Waals surface area contributed by atoms with E-state index in [1.54, 1.807) is 0 Å². The molecule has 0 aromatic heterocycles. The molecule has 58 heavy (non-hydrogen) atoms. The van der Waals surface area contributed by atoms with Crippen LogP contribution in [0.1, 0.15) is 278 Å². The molecular formula is C52H103NO5. The summed E-state index contributed by atoms with van der Waals surface area (Å²) in [6.07, 6.45) is 46.1. The third kappa shape index (κ3) is 41.6. The lowest BCUT2D eigenvalue weighted by Crippen LogP contribution is -2.27. The van der Waals surface area contributed by atoms with Gasteiger partial charge in [0, 0.05) is 19.4 Å². The molecule has 0 radical (unpaired) electrons. The molecule has 0 heterocycles. The van der Waals surface area contributed by atoms with Gasteiger partial charge in [0.05, 0.1) is 6.61 Å². The Morgan fingerprint density at radius 2 is 0.810 bits per heavy atom. The van der Waals surface area contributed by atoms with Crippen LogP contribution >= 0.6 is 0 Å². The van der Waals surface area contributed by atoms with Gasteiger partial charge in [-0.25, -0.2) is 0 Å². The second-order valence-corrected chi connectivity index (χ2v) is 18.1. The zero-order valence-electron chi connectivity index (χ0n) is 39.8. The summed E-state index contributed by atoms with van der Waals surface area (Å²) in [7, 11) is 0. The van der Waals surface area contributed by atoms with Crippen LogP contribution < -0.4 is 0 Å². The van der Waals surface area contributed by atoms with E-state index in [1.165, 1.54) is 186 Å². The van der Waals surface area contributed by atoms with Crippen molar-refractivity contribution in [3.63, 3.8) is 0 Å². The molecule has 1 N–H and O–H groups in total. The summed E-state index contributed by atoms with van der Waals surface area (Å²) >= 11 is 0. The molecule has 0 aliphatic heterocycles. The van der Waals surface area contributed by atoms with Gasteiger partial charge in [0.1, 0.15) is 6.10 Å². The molecule has 0 amide bonds. The number of carbonyl (C=O) groups excluding carboxylic acids is 2. The Morgan fingerprint density at radius 3 is 1.29 bits per heavy atom. The molecule has 0 aliphatic rings. The topological polar surface area (TPSA) is 76.1 Å². The Morgan fingerprint density at radius 1 is 0.431 bits per heavy atom. The second-order valence-electron chi connectivity index (χ2n) is 18.1. The minimum atomic E-state index is 0.0263. The number of unbranched alkanes of at least 4 members (excludes halogenated alkanes) is 26. The molecule has 6 heteroatoms. The van der Waals surface area contributed by atoms with Crippen molar-refractivity contribution < 1.29 is 24.2 Å². The first-order valence-electron chi connectivity index (χ1n) is 26.2. The van der Waals surface area contributed by atoms with Gasteiger partial charge < -0.3 is 19.5 Å². The summed E-state index contributed by atoms with van der Waals surface area (Å²) in [5.74, 6) is 0.558. The van der Waals surface area contributed by atoms with Crippen LogP contribution in [0.5, 0.6) is 0 Å². The normalized spacial score (nSPS) is 11.7. The minimum Gasteiger partial charge on any atom is -0.466 e. The number of rotatable bonds is 48. The molecular weight excluding hydrogens is 719 g/mol.